The summed E-state index contributed by atoms with van der Waals surface area (Å²) in [5.74, 6) is 0. The zero-order valence-electron chi connectivity index (χ0n) is 10.4. The molecule has 0 radical (unpaired) electrons. The number of nitrogens with zero attached hydrogens (tertiary/aromatic N) is 3. The van der Waals surface area contributed by atoms with E-state index < -0.39 is 0 Å². The Morgan fingerprint density at radius 2 is 2.11 bits per heavy atom. The maximum atomic E-state index is 8.88. The minimum atomic E-state index is 0.0873. The Morgan fingerprint density at radius 3 is 2.89 bits per heavy atom. The first-order valence-corrected chi connectivity index (χ1v) is 5.94. The van der Waals surface area contributed by atoms with E-state index >= 15 is 0 Å². The number of aliphatic hydroxyl groups is 1. The second-order valence-electron chi connectivity index (χ2n) is 4.00. The number of benzene rings is 1. The maximum absolute atomic E-state index is 8.88. The highest BCUT2D eigenvalue weighted by Crippen LogP contribution is 2.14. The van der Waals surface area contributed by atoms with Crippen LogP contribution in [0.1, 0.15) is 11.3 Å². The highest BCUT2D eigenvalue weighted by Gasteiger charge is 2.06. The molecule has 0 unspecified atom stereocenters. The van der Waals surface area contributed by atoms with Gasteiger partial charge in [0.2, 0.25) is 0 Å². The Hall–Kier alpha value is -1.72. The van der Waals surface area contributed by atoms with Crippen molar-refractivity contribution in [2.75, 3.05) is 20.3 Å². The maximum Gasteiger partial charge on any atom is 0.0854 e. The normalized spacial score (nSPS) is 10.8. The van der Waals surface area contributed by atoms with Crippen molar-refractivity contribution < 1.29 is 9.84 Å². The molecule has 0 fully saturated rings. The van der Waals surface area contributed by atoms with E-state index in [-0.39, 0.29) is 6.61 Å². The molecule has 5 nitrogen and oxygen atoms in total. The van der Waals surface area contributed by atoms with Gasteiger partial charge < -0.3 is 9.84 Å². The largest absolute Gasteiger partial charge is 0.396 e. The zero-order valence-corrected chi connectivity index (χ0v) is 10.4. The molecule has 1 heterocycles. The number of aliphatic hydroxyl groups excluding tert-OH is 1. The minimum Gasteiger partial charge on any atom is -0.396 e. The van der Waals surface area contributed by atoms with Gasteiger partial charge in [-0.05, 0) is 18.1 Å². The van der Waals surface area contributed by atoms with E-state index in [1.54, 1.807) is 11.8 Å². The van der Waals surface area contributed by atoms with Gasteiger partial charge in [-0.3, -0.25) is 0 Å². The number of para-hydroxylation sites is 1. The second-order valence-corrected chi connectivity index (χ2v) is 4.00. The number of ether oxygens (including phenoxy) is 1. The molecule has 96 valence electrons. The molecule has 1 aromatic carbocycles. The fraction of sp³-hybridized carbons (Fsp3) is 0.385. The second kappa shape index (κ2) is 6.28. The van der Waals surface area contributed by atoms with Crippen LogP contribution in [0.15, 0.2) is 30.5 Å². The van der Waals surface area contributed by atoms with Gasteiger partial charge in [0, 0.05) is 20.1 Å². The average Bonchev–Trinajstić information content (AvgIpc) is 2.86. The van der Waals surface area contributed by atoms with Crippen molar-refractivity contribution in [2.24, 2.45) is 0 Å². The number of rotatable bonds is 6. The molecule has 18 heavy (non-hydrogen) atoms. The predicted octanol–water partition coefficient (Wildman–Crippen LogP) is 0.991. The monoisotopic (exact) mass is 247 g/mol. The van der Waals surface area contributed by atoms with Crippen LogP contribution in [0.5, 0.6) is 0 Å². The summed E-state index contributed by atoms with van der Waals surface area (Å²) in [4.78, 5) is 0. The van der Waals surface area contributed by atoms with Crippen molar-refractivity contribution in [1.29, 1.82) is 0 Å². The Morgan fingerprint density at radius 1 is 1.28 bits per heavy atom. The van der Waals surface area contributed by atoms with Crippen LogP contribution in [0, 0.1) is 0 Å². The Balaban J connectivity index is 2.25. The molecule has 0 aliphatic rings. The standard InChI is InChI=1S/C13H17N3O2/c1-18-9-7-11-4-2-3-5-13(11)16-10-12(6-8-17)14-15-16/h2-5,10,17H,6-9H2,1H3. The SMILES string of the molecule is COCCc1ccccc1-n1cc(CCO)nn1. The van der Waals surface area contributed by atoms with Gasteiger partial charge in [0.1, 0.15) is 0 Å². The summed E-state index contributed by atoms with van der Waals surface area (Å²) in [7, 11) is 1.69. The van der Waals surface area contributed by atoms with Crippen LogP contribution in [0.4, 0.5) is 0 Å². The zero-order chi connectivity index (χ0) is 12.8. The average molecular weight is 247 g/mol. The third-order valence-electron chi connectivity index (χ3n) is 2.72. The van der Waals surface area contributed by atoms with E-state index in [4.69, 9.17) is 9.84 Å². The molecule has 0 atom stereocenters. The molecule has 0 amide bonds. The summed E-state index contributed by atoms with van der Waals surface area (Å²) >= 11 is 0. The summed E-state index contributed by atoms with van der Waals surface area (Å²) < 4.78 is 6.85. The summed E-state index contributed by atoms with van der Waals surface area (Å²) in [6.45, 7) is 0.763. The number of hydrogen-bond acceptors (Lipinski definition) is 4. The van der Waals surface area contributed by atoms with Gasteiger partial charge in [0.15, 0.2) is 0 Å². The van der Waals surface area contributed by atoms with E-state index in [1.807, 2.05) is 24.4 Å². The first-order valence-electron chi connectivity index (χ1n) is 5.94. The summed E-state index contributed by atoms with van der Waals surface area (Å²) in [6, 6.07) is 8.03. The smallest absolute Gasteiger partial charge is 0.0854 e. The molecule has 0 saturated heterocycles. The molecule has 0 aliphatic heterocycles. The first-order chi connectivity index (χ1) is 8.85. The minimum absolute atomic E-state index is 0.0873. The first kappa shape index (κ1) is 12.7. The Kier molecular flexibility index (Phi) is 4.44. The van der Waals surface area contributed by atoms with Crippen molar-refractivity contribution in [1.82, 2.24) is 15.0 Å². The number of hydrogen-bond donors (Lipinski definition) is 1. The van der Waals surface area contributed by atoms with Crippen LogP contribution in [-0.2, 0) is 17.6 Å². The molecule has 0 saturated carbocycles. The van der Waals surface area contributed by atoms with Crippen LogP contribution < -0.4 is 0 Å². The highest BCUT2D eigenvalue weighted by atomic mass is 16.5. The molecule has 2 rings (SSSR count). The topological polar surface area (TPSA) is 60.2 Å². The molecule has 5 heteroatoms. The lowest BCUT2D eigenvalue weighted by Crippen LogP contribution is -2.03. The highest BCUT2D eigenvalue weighted by molar-refractivity contribution is 5.40. The van der Waals surface area contributed by atoms with Gasteiger partial charge in [0.25, 0.3) is 0 Å². The van der Waals surface area contributed by atoms with Crippen LogP contribution in [0.25, 0.3) is 5.69 Å². The molecular formula is C13H17N3O2. The van der Waals surface area contributed by atoms with Crippen molar-refractivity contribution in [3.8, 4) is 5.69 Å². The fourth-order valence-electron chi connectivity index (χ4n) is 1.80. The number of aromatic nitrogens is 3. The van der Waals surface area contributed by atoms with Gasteiger partial charge >= 0.3 is 0 Å². The third kappa shape index (κ3) is 2.94. The molecular weight excluding hydrogens is 230 g/mol. The van der Waals surface area contributed by atoms with E-state index in [1.165, 1.54) is 5.56 Å². The molecule has 2 aromatic rings. The Bertz CT molecular complexity index is 496. The van der Waals surface area contributed by atoms with E-state index in [9.17, 15) is 0 Å². The quantitative estimate of drug-likeness (QED) is 0.827. The van der Waals surface area contributed by atoms with Crippen LogP contribution in [-0.4, -0.2) is 40.4 Å². The lowest BCUT2D eigenvalue weighted by molar-refractivity contribution is 0.202. The van der Waals surface area contributed by atoms with Crippen molar-refractivity contribution in [3.63, 3.8) is 0 Å². The fourth-order valence-corrected chi connectivity index (χ4v) is 1.80. The van der Waals surface area contributed by atoms with Gasteiger partial charge in [-0.2, -0.15) is 0 Å². The molecule has 1 aromatic heterocycles. The lowest BCUT2D eigenvalue weighted by Gasteiger charge is -2.07. The summed E-state index contributed by atoms with van der Waals surface area (Å²) in [5.41, 5.74) is 2.96. The van der Waals surface area contributed by atoms with Crippen LogP contribution >= 0.6 is 0 Å². The van der Waals surface area contributed by atoms with Crippen LogP contribution in [0.3, 0.4) is 0 Å². The van der Waals surface area contributed by atoms with E-state index in [0.717, 1.165) is 17.8 Å². The Labute approximate surface area is 106 Å². The predicted molar refractivity (Wildman–Crippen MR) is 67.7 cm³/mol. The van der Waals surface area contributed by atoms with E-state index in [0.29, 0.717) is 13.0 Å². The van der Waals surface area contributed by atoms with Crippen molar-refractivity contribution in [2.45, 2.75) is 12.8 Å². The number of methoxy groups -OCH3 is 1. The molecule has 0 spiro atoms. The molecule has 0 aliphatic carbocycles. The lowest BCUT2D eigenvalue weighted by atomic mass is 10.1. The van der Waals surface area contributed by atoms with Gasteiger partial charge in [-0.15, -0.1) is 5.10 Å². The van der Waals surface area contributed by atoms with Gasteiger partial charge in [-0.1, -0.05) is 23.4 Å². The molecule has 0 bridgehead atoms. The summed E-state index contributed by atoms with van der Waals surface area (Å²) in [6.07, 6.45) is 3.21. The van der Waals surface area contributed by atoms with E-state index in [2.05, 4.69) is 16.4 Å². The van der Waals surface area contributed by atoms with Crippen molar-refractivity contribution in [3.05, 3.63) is 41.7 Å². The van der Waals surface area contributed by atoms with Gasteiger partial charge in [0.05, 0.1) is 24.2 Å². The summed E-state index contributed by atoms with van der Waals surface area (Å²) in [5, 5.41) is 17.0. The van der Waals surface area contributed by atoms with Gasteiger partial charge in [-0.25, -0.2) is 4.68 Å². The van der Waals surface area contributed by atoms with Crippen molar-refractivity contribution >= 4 is 0 Å². The third-order valence-corrected chi connectivity index (χ3v) is 2.72. The molecule has 1 N–H and O–H groups in total. The van der Waals surface area contributed by atoms with Crippen LogP contribution in [0.2, 0.25) is 0 Å².